The van der Waals surface area contributed by atoms with Crippen LogP contribution in [0.3, 0.4) is 0 Å². The molecule has 0 aromatic heterocycles. The van der Waals surface area contributed by atoms with E-state index < -0.39 is 32.7 Å². The minimum atomic E-state index is -4.28. The quantitative estimate of drug-likeness (QED) is 0.844. The molecule has 7 heteroatoms. The van der Waals surface area contributed by atoms with Gasteiger partial charge in [-0.05, 0) is 30.9 Å². The van der Waals surface area contributed by atoms with E-state index in [0.717, 1.165) is 31.0 Å². The molecule has 1 saturated carbocycles. The van der Waals surface area contributed by atoms with Crippen LogP contribution in [0.2, 0.25) is 0 Å². The second-order valence-electron chi connectivity index (χ2n) is 4.31. The van der Waals surface area contributed by atoms with Gasteiger partial charge in [0.15, 0.2) is 4.90 Å². The van der Waals surface area contributed by atoms with Gasteiger partial charge in [-0.2, -0.15) is 0 Å². The standard InChI is InChI=1S/C11H13F2NO3S/c12-8-2-1-3-9(13)11(8)18(16,17)14-6-10(15)7-4-5-7/h1-3,7,10,14-15H,4-6H2. The number of hydrogen-bond donors (Lipinski definition) is 2. The highest BCUT2D eigenvalue weighted by Crippen LogP contribution is 2.32. The molecule has 1 aliphatic carbocycles. The Labute approximate surface area is 104 Å². The molecule has 1 atom stereocenters. The predicted octanol–water partition coefficient (Wildman–Crippen LogP) is 1.01. The fraction of sp³-hybridized carbons (Fsp3) is 0.455. The van der Waals surface area contributed by atoms with E-state index in [9.17, 15) is 22.3 Å². The van der Waals surface area contributed by atoms with Gasteiger partial charge in [-0.1, -0.05) is 6.07 Å². The second-order valence-corrected chi connectivity index (χ2v) is 6.01. The molecule has 2 rings (SSSR count). The molecule has 1 aromatic carbocycles. The van der Waals surface area contributed by atoms with Crippen molar-refractivity contribution in [2.45, 2.75) is 23.8 Å². The lowest BCUT2D eigenvalue weighted by atomic mass is 10.2. The molecule has 0 spiro atoms. The fourth-order valence-electron chi connectivity index (χ4n) is 1.65. The van der Waals surface area contributed by atoms with E-state index in [1.807, 2.05) is 4.72 Å². The number of aliphatic hydroxyl groups is 1. The molecule has 1 fully saturated rings. The average molecular weight is 277 g/mol. The molecule has 1 unspecified atom stereocenters. The van der Waals surface area contributed by atoms with E-state index in [0.29, 0.717) is 0 Å². The zero-order valence-electron chi connectivity index (χ0n) is 9.44. The molecule has 0 heterocycles. The summed E-state index contributed by atoms with van der Waals surface area (Å²) in [5.41, 5.74) is 0. The van der Waals surface area contributed by atoms with Crippen LogP contribution in [0.25, 0.3) is 0 Å². The monoisotopic (exact) mass is 277 g/mol. The highest BCUT2D eigenvalue weighted by molar-refractivity contribution is 7.89. The lowest BCUT2D eigenvalue weighted by Crippen LogP contribution is -2.34. The molecule has 0 aliphatic heterocycles. The van der Waals surface area contributed by atoms with Gasteiger partial charge in [0.1, 0.15) is 11.6 Å². The van der Waals surface area contributed by atoms with Crippen molar-refractivity contribution in [2.24, 2.45) is 5.92 Å². The number of hydrogen-bond acceptors (Lipinski definition) is 3. The zero-order valence-corrected chi connectivity index (χ0v) is 10.3. The summed E-state index contributed by atoms with van der Waals surface area (Å²) in [6, 6.07) is 2.83. The summed E-state index contributed by atoms with van der Waals surface area (Å²) in [6.45, 7) is -0.235. The average Bonchev–Trinajstić information content (AvgIpc) is 3.09. The first-order chi connectivity index (χ1) is 8.42. The van der Waals surface area contributed by atoms with Crippen LogP contribution in [0.5, 0.6) is 0 Å². The van der Waals surface area contributed by atoms with E-state index in [1.54, 1.807) is 0 Å². The Morgan fingerprint density at radius 1 is 1.33 bits per heavy atom. The minimum absolute atomic E-state index is 0.0816. The number of sulfonamides is 1. The summed E-state index contributed by atoms with van der Waals surface area (Å²) < 4.78 is 52.1. The molecular formula is C11H13F2NO3S. The molecule has 4 nitrogen and oxygen atoms in total. The van der Waals surface area contributed by atoms with Crippen molar-refractivity contribution < 1.29 is 22.3 Å². The van der Waals surface area contributed by atoms with Crippen LogP contribution in [-0.2, 0) is 10.0 Å². The number of halogens is 2. The molecule has 18 heavy (non-hydrogen) atoms. The first kappa shape index (κ1) is 13.4. The molecule has 0 radical (unpaired) electrons. The molecule has 0 amide bonds. The normalized spacial score (nSPS) is 17.7. The zero-order chi connectivity index (χ0) is 13.3. The summed E-state index contributed by atoms with van der Waals surface area (Å²) in [7, 11) is -4.28. The van der Waals surface area contributed by atoms with E-state index in [-0.39, 0.29) is 12.5 Å². The van der Waals surface area contributed by atoms with Crippen LogP contribution in [-0.4, -0.2) is 26.2 Å². The van der Waals surface area contributed by atoms with Gasteiger partial charge in [-0.3, -0.25) is 0 Å². The van der Waals surface area contributed by atoms with Gasteiger partial charge in [-0.15, -0.1) is 0 Å². The summed E-state index contributed by atoms with van der Waals surface area (Å²) in [4.78, 5) is -1.01. The SMILES string of the molecule is O=S(=O)(NCC(O)C1CC1)c1c(F)cccc1F. The Balaban J connectivity index is 2.14. The smallest absolute Gasteiger partial charge is 0.246 e. The van der Waals surface area contributed by atoms with E-state index in [2.05, 4.69) is 0 Å². The molecule has 2 N–H and O–H groups in total. The summed E-state index contributed by atoms with van der Waals surface area (Å²) in [5.74, 6) is -2.22. The van der Waals surface area contributed by atoms with Crippen molar-refractivity contribution in [3.63, 3.8) is 0 Å². The van der Waals surface area contributed by atoms with Crippen molar-refractivity contribution in [3.05, 3.63) is 29.8 Å². The third-order valence-electron chi connectivity index (χ3n) is 2.84. The Morgan fingerprint density at radius 2 is 1.89 bits per heavy atom. The second kappa shape index (κ2) is 4.91. The molecule has 100 valence electrons. The third kappa shape index (κ3) is 2.85. The Morgan fingerprint density at radius 3 is 2.39 bits per heavy atom. The Kier molecular flexibility index (Phi) is 3.65. The summed E-state index contributed by atoms with van der Waals surface area (Å²) >= 11 is 0. The van der Waals surface area contributed by atoms with Gasteiger partial charge < -0.3 is 5.11 Å². The van der Waals surface area contributed by atoms with Crippen molar-refractivity contribution in [1.82, 2.24) is 4.72 Å². The van der Waals surface area contributed by atoms with Crippen LogP contribution in [0.4, 0.5) is 8.78 Å². The van der Waals surface area contributed by atoms with Crippen molar-refractivity contribution >= 4 is 10.0 Å². The molecule has 0 saturated heterocycles. The largest absolute Gasteiger partial charge is 0.391 e. The van der Waals surface area contributed by atoms with Crippen LogP contribution in [0, 0.1) is 17.6 Å². The number of nitrogens with one attached hydrogen (secondary N) is 1. The van der Waals surface area contributed by atoms with Crippen molar-refractivity contribution in [2.75, 3.05) is 6.54 Å². The van der Waals surface area contributed by atoms with Crippen LogP contribution in [0.1, 0.15) is 12.8 Å². The van der Waals surface area contributed by atoms with Gasteiger partial charge in [0.05, 0.1) is 6.10 Å². The first-order valence-electron chi connectivity index (χ1n) is 5.53. The highest BCUT2D eigenvalue weighted by atomic mass is 32.2. The maximum atomic E-state index is 13.3. The first-order valence-corrected chi connectivity index (χ1v) is 7.02. The Bertz CT molecular complexity index is 523. The number of rotatable bonds is 5. The summed E-state index contributed by atoms with van der Waals surface area (Å²) in [6.07, 6.45) is 0.878. The number of benzene rings is 1. The van der Waals surface area contributed by atoms with Gasteiger partial charge in [0, 0.05) is 6.54 Å². The van der Waals surface area contributed by atoms with E-state index >= 15 is 0 Å². The highest BCUT2D eigenvalue weighted by Gasteiger charge is 2.31. The van der Waals surface area contributed by atoms with E-state index in [1.165, 1.54) is 0 Å². The van der Waals surface area contributed by atoms with Gasteiger partial charge in [0.2, 0.25) is 10.0 Å². The van der Waals surface area contributed by atoms with E-state index in [4.69, 9.17) is 0 Å². The maximum Gasteiger partial charge on any atom is 0.246 e. The van der Waals surface area contributed by atoms with Crippen molar-refractivity contribution in [3.8, 4) is 0 Å². The maximum absolute atomic E-state index is 13.3. The van der Waals surface area contributed by atoms with Crippen LogP contribution in [0.15, 0.2) is 23.1 Å². The molecule has 1 aliphatic rings. The van der Waals surface area contributed by atoms with Gasteiger partial charge in [-0.25, -0.2) is 21.9 Å². The Hall–Kier alpha value is -1.05. The number of aliphatic hydroxyl groups excluding tert-OH is 1. The van der Waals surface area contributed by atoms with Gasteiger partial charge in [0.25, 0.3) is 0 Å². The summed E-state index contributed by atoms with van der Waals surface area (Å²) in [5, 5.41) is 9.52. The lowest BCUT2D eigenvalue weighted by molar-refractivity contribution is 0.155. The van der Waals surface area contributed by atoms with Gasteiger partial charge >= 0.3 is 0 Å². The minimum Gasteiger partial charge on any atom is -0.391 e. The fourth-order valence-corrected chi connectivity index (χ4v) is 2.84. The topological polar surface area (TPSA) is 66.4 Å². The molecule has 1 aromatic rings. The van der Waals surface area contributed by atoms with Crippen molar-refractivity contribution in [1.29, 1.82) is 0 Å². The molecule has 0 bridgehead atoms. The third-order valence-corrected chi connectivity index (χ3v) is 4.31. The van der Waals surface area contributed by atoms with Crippen LogP contribution >= 0.6 is 0 Å². The van der Waals surface area contributed by atoms with Crippen LogP contribution < -0.4 is 4.72 Å². The predicted molar refractivity (Wildman–Crippen MR) is 60.3 cm³/mol. The lowest BCUT2D eigenvalue weighted by Gasteiger charge is -2.12. The molecular weight excluding hydrogens is 264 g/mol.